The van der Waals surface area contributed by atoms with E-state index in [0.717, 1.165) is 24.3 Å². The van der Waals surface area contributed by atoms with E-state index in [1.54, 1.807) is 0 Å². The van der Waals surface area contributed by atoms with Gasteiger partial charge in [-0.1, -0.05) is 13.8 Å². The molecule has 1 aliphatic heterocycles. The van der Waals surface area contributed by atoms with Crippen molar-refractivity contribution in [1.29, 1.82) is 0 Å². The number of amides is 1. The van der Waals surface area contributed by atoms with Crippen LogP contribution in [0.4, 0.5) is 0 Å². The molecule has 0 radical (unpaired) electrons. The first-order valence-corrected chi connectivity index (χ1v) is 6.40. The van der Waals surface area contributed by atoms with Crippen LogP contribution in [0.3, 0.4) is 0 Å². The van der Waals surface area contributed by atoms with E-state index in [1.165, 1.54) is 0 Å². The summed E-state index contributed by atoms with van der Waals surface area (Å²) in [6, 6.07) is -0.00173. The summed E-state index contributed by atoms with van der Waals surface area (Å²) in [5, 5.41) is 3.02. The van der Waals surface area contributed by atoms with Crippen LogP contribution in [-0.2, 0) is 4.79 Å². The van der Waals surface area contributed by atoms with Crippen molar-refractivity contribution in [3.8, 4) is 0 Å². The van der Waals surface area contributed by atoms with E-state index in [1.807, 2.05) is 25.6 Å². The zero-order chi connectivity index (χ0) is 10.6. The van der Waals surface area contributed by atoms with Crippen molar-refractivity contribution in [1.82, 2.24) is 5.32 Å². The van der Waals surface area contributed by atoms with Gasteiger partial charge in [0.2, 0.25) is 5.91 Å². The minimum absolute atomic E-state index is 0.0110. The van der Waals surface area contributed by atoms with E-state index in [4.69, 9.17) is 5.73 Å². The summed E-state index contributed by atoms with van der Waals surface area (Å²) in [7, 11) is 0. The molecule has 0 spiro atoms. The highest BCUT2D eigenvalue weighted by Crippen LogP contribution is 2.17. The highest BCUT2D eigenvalue weighted by molar-refractivity contribution is 7.99. The molecule has 0 bridgehead atoms. The molecule has 0 aliphatic carbocycles. The summed E-state index contributed by atoms with van der Waals surface area (Å²) in [6.07, 6.45) is 2.17. The monoisotopic (exact) mass is 216 g/mol. The molecule has 4 heteroatoms. The van der Waals surface area contributed by atoms with Crippen LogP contribution in [-0.4, -0.2) is 29.5 Å². The van der Waals surface area contributed by atoms with Gasteiger partial charge in [-0.25, -0.2) is 0 Å². The first kappa shape index (κ1) is 11.9. The Labute approximate surface area is 90.2 Å². The Hall–Kier alpha value is -0.220. The van der Waals surface area contributed by atoms with Crippen molar-refractivity contribution in [2.45, 2.75) is 38.8 Å². The Morgan fingerprint density at radius 1 is 1.43 bits per heavy atom. The lowest BCUT2D eigenvalue weighted by Crippen LogP contribution is -2.48. The molecule has 1 aliphatic rings. The molecule has 1 saturated heterocycles. The summed E-state index contributed by atoms with van der Waals surface area (Å²) in [6.45, 7) is 3.95. The van der Waals surface area contributed by atoms with Gasteiger partial charge in [-0.2, -0.15) is 11.8 Å². The minimum atomic E-state index is -0.357. The van der Waals surface area contributed by atoms with Crippen LogP contribution in [0.25, 0.3) is 0 Å². The molecule has 14 heavy (non-hydrogen) atoms. The fourth-order valence-electron chi connectivity index (χ4n) is 1.44. The predicted octanol–water partition coefficient (Wildman–Crippen LogP) is 0.981. The number of nitrogens with two attached hydrogens (primary N) is 1. The third kappa shape index (κ3) is 3.50. The Kier molecular flexibility index (Phi) is 4.75. The number of hydrogen-bond acceptors (Lipinski definition) is 3. The van der Waals surface area contributed by atoms with Crippen LogP contribution in [0.2, 0.25) is 0 Å². The van der Waals surface area contributed by atoms with Crippen molar-refractivity contribution in [2.75, 3.05) is 11.5 Å². The number of hydrogen-bond donors (Lipinski definition) is 2. The highest BCUT2D eigenvalue weighted by atomic mass is 32.2. The highest BCUT2D eigenvalue weighted by Gasteiger charge is 2.21. The van der Waals surface area contributed by atoms with Crippen molar-refractivity contribution in [3.63, 3.8) is 0 Å². The van der Waals surface area contributed by atoms with Gasteiger partial charge in [0, 0.05) is 6.04 Å². The Morgan fingerprint density at radius 3 is 2.50 bits per heavy atom. The largest absolute Gasteiger partial charge is 0.352 e. The lowest BCUT2D eigenvalue weighted by atomic mass is 10.0. The lowest BCUT2D eigenvalue weighted by molar-refractivity contribution is -0.124. The summed E-state index contributed by atoms with van der Waals surface area (Å²) in [5.41, 5.74) is 5.76. The van der Waals surface area contributed by atoms with Crippen molar-refractivity contribution in [3.05, 3.63) is 0 Å². The van der Waals surface area contributed by atoms with Gasteiger partial charge in [0.25, 0.3) is 0 Å². The van der Waals surface area contributed by atoms with Crippen LogP contribution in [0, 0.1) is 5.92 Å². The van der Waals surface area contributed by atoms with E-state index in [-0.39, 0.29) is 17.9 Å². The molecule has 0 aromatic rings. The first-order valence-electron chi connectivity index (χ1n) is 5.25. The zero-order valence-corrected chi connectivity index (χ0v) is 9.77. The minimum Gasteiger partial charge on any atom is -0.352 e. The molecule has 3 nitrogen and oxygen atoms in total. The molecule has 82 valence electrons. The fraction of sp³-hybridized carbons (Fsp3) is 0.900. The maximum absolute atomic E-state index is 11.6. The molecule has 1 fully saturated rings. The average molecular weight is 216 g/mol. The summed E-state index contributed by atoms with van der Waals surface area (Å²) in [4.78, 5) is 11.6. The van der Waals surface area contributed by atoms with E-state index in [0.29, 0.717) is 6.04 Å². The molecular weight excluding hydrogens is 196 g/mol. The third-order valence-electron chi connectivity index (χ3n) is 2.59. The van der Waals surface area contributed by atoms with Gasteiger partial charge >= 0.3 is 0 Å². The average Bonchev–Trinajstić information content (AvgIpc) is 2.18. The summed E-state index contributed by atoms with van der Waals surface area (Å²) in [5.74, 6) is 2.54. The SMILES string of the molecule is CC(C)[C@H](N)C(=O)NC1CCSCC1. The number of thioether (sulfide) groups is 1. The van der Waals surface area contributed by atoms with Gasteiger partial charge in [0.05, 0.1) is 6.04 Å². The molecule has 1 atom stereocenters. The van der Waals surface area contributed by atoms with E-state index in [2.05, 4.69) is 5.32 Å². The predicted molar refractivity (Wildman–Crippen MR) is 61.3 cm³/mol. The van der Waals surface area contributed by atoms with E-state index in [9.17, 15) is 4.79 Å². The van der Waals surface area contributed by atoms with Gasteiger partial charge in [0.1, 0.15) is 0 Å². The van der Waals surface area contributed by atoms with Gasteiger partial charge in [-0.3, -0.25) is 4.79 Å². The van der Waals surface area contributed by atoms with Crippen LogP contribution in [0.15, 0.2) is 0 Å². The molecule has 3 N–H and O–H groups in total. The standard InChI is InChI=1S/C10H20N2OS/c1-7(2)9(11)10(13)12-8-3-5-14-6-4-8/h7-9H,3-6,11H2,1-2H3,(H,12,13)/t9-/m0/s1. The lowest BCUT2D eigenvalue weighted by Gasteiger charge is -2.25. The maximum Gasteiger partial charge on any atom is 0.237 e. The van der Waals surface area contributed by atoms with Crippen molar-refractivity contribution < 1.29 is 4.79 Å². The quantitative estimate of drug-likeness (QED) is 0.739. The van der Waals surface area contributed by atoms with Gasteiger partial charge in [-0.15, -0.1) is 0 Å². The van der Waals surface area contributed by atoms with Gasteiger partial charge < -0.3 is 11.1 Å². The van der Waals surface area contributed by atoms with Crippen LogP contribution in [0.1, 0.15) is 26.7 Å². The molecule has 0 unspecified atom stereocenters. The molecule has 0 saturated carbocycles. The van der Waals surface area contributed by atoms with Gasteiger partial charge in [-0.05, 0) is 30.3 Å². The first-order chi connectivity index (χ1) is 6.61. The normalized spacial score (nSPS) is 20.9. The van der Waals surface area contributed by atoms with Crippen LogP contribution < -0.4 is 11.1 Å². The van der Waals surface area contributed by atoms with Gasteiger partial charge in [0.15, 0.2) is 0 Å². The number of rotatable bonds is 3. The second kappa shape index (κ2) is 5.61. The number of carbonyl (C=O) groups excluding carboxylic acids is 1. The molecule has 1 heterocycles. The summed E-state index contributed by atoms with van der Waals surface area (Å²) < 4.78 is 0. The van der Waals surface area contributed by atoms with Crippen LogP contribution >= 0.6 is 11.8 Å². The zero-order valence-electron chi connectivity index (χ0n) is 8.95. The smallest absolute Gasteiger partial charge is 0.237 e. The Bertz CT molecular complexity index is 191. The van der Waals surface area contributed by atoms with E-state index >= 15 is 0 Å². The van der Waals surface area contributed by atoms with E-state index < -0.39 is 0 Å². The second-order valence-electron chi connectivity index (χ2n) is 4.17. The Morgan fingerprint density at radius 2 is 2.00 bits per heavy atom. The Balaban J connectivity index is 2.31. The maximum atomic E-state index is 11.6. The third-order valence-corrected chi connectivity index (χ3v) is 3.64. The fourth-order valence-corrected chi connectivity index (χ4v) is 2.55. The molecule has 1 amide bonds. The van der Waals surface area contributed by atoms with Crippen LogP contribution in [0.5, 0.6) is 0 Å². The molecular formula is C10H20N2OS. The molecule has 0 aromatic carbocycles. The number of carbonyl (C=O) groups is 1. The molecule has 0 aromatic heterocycles. The van der Waals surface area contributed by atoms with Crippen molar-refractivity contribution in [2.24, 2.45) is 11.7 Å². The van der Waals surface area contributed by atoms with Crippen molar-refractivity contribution >= 4 is 17.7 Å². The summed E-state index contributed by atoms with van der Waals surface area (Å²) >= 11 is 1.96. The molecule has 1 rings (SSSR count). The number of nitrogens with one attached hydrogen (secondary N) is 1. The second-order valence-corrected chi connectivity index (χ2v) is 5.39. The topological polar surface area (TPSA) is 55.1 Å².